The van der Waals surface area contributed by atoms with Crippen LogP contribution in [0.3, 0.4) is 0 Å². The van der Waals surface area contributed by atoms with Crippen molar-refractivity contribution < 1.29 is 14.0 Å². The molecule has 7 nitrogen and oxygen atoms in total. The van der Waals surface area contributed by atoms with E-state index in [1.807, 2.05) is 6.07 Å². The molecule has 0 spiro atoms. The van der Waals surface area contributed by atoms with Crippen molar-refractivity contribution in [3.8, 4) is 0 Å². The summed E-state index contributed by atoms with van der Waals surface area (Å²) in [6.45, 7) is 1.03. The highest BCUT2D eigenvalue weighted by molar-refractivity contribution is 9.09. The van der Waals surface area contributed by atoms with Crippen molar-refractivity contribution in [2.45, 2.75) is 6.61 Å². The Morgan fingerprint density at radius 1 is 1.04 bits per heavy atom. The summed E-state index contributed by atoms with van der Waals surface area (Å²) < 4.78 is 18.5. The van der Waals surface area contributed by atoms with Crippen LogP contribution in [0.2, 0.25) is 0 Å². The molecule has 136 valence electrons. The Kier molecular flexibility index (Phi) is 7.99. The van der Waals surface area contributed by atoms with Crippen LogP contribution in [0.15, 0.2) is 36.4 Å². The summed E-state index contributed by atoms with van der Waals surface area (Å²) in [5.41, 5.74) is 0.778. The topological polar surface area (TPSA) is 93.5 Å². The molecule has 25 heavy (non-hydrogen) atoms. The summed E-state index contributed by atoms with van der Waals surface area (Å²) in [6.07, 6.45) is 0. The van der Waals surface area contributed by atoms with Gasteiger partial charge < -0.3 is 4.52 Å². The molecule has 0 aliphatic carbocycles. The molecule has 0 saturated heterocycles. The lowest BCUT2D eigenvalue weighted by Crippen LogP contribution is -2.26. The fourth-order valence-corrected chi connectivity index (χ4v) is 4.77. The first-order chi connectivity index (χ1) is 12.0. The molecule has 2 N–H and O–H groups in total. The minimum absolute atomic E-state index is 0.0392. The molecule has 0 heterocycles. The zero-order valence-electron chi connectivity index (χ0n) is 13.3. The predicted molar refractivity (Wildman–Crippen MR) is 107 cm³/mol. The van der Waals surface area contributed by atoms with Crippen molar-refractivity contribution in [1.29, 1.82) is 0 Å². The standard InChI is InChI=1S/C15H18Br2N3O4P/c16-7-9-18-25(23,19-10-8-17)24-11-12-3-1-5-14-13(12)4-2-6-15(14)20(21)22/h1-6H,7-11H2,(H2,18,19,23). The number of benzene rings is 2. The van der Waals surface area contributed by atoms with Crippen LogP contribution in [0.1, 0.15) is 5.56 Å². The van der Waals surface area contributed by atoms with Gasteiger partial charge in [0.25, 0.3) is 5.69 Å². The van der Waals surface area contributed by atoms with Gasteiger partial charge in [0, 0.05) is 29.8 Å². The van der Waals surface area contributed by atoms with E-state index in [9.17, 15) is 14.7 Å². The average Bonchev–Trinajstić information content (AvgIpc) is 2.62. The van der Waals surface area contributed by atoms with E-state index in [-0.39, 0.29) is 12.3 Å². The zero-order valence-corrected chi connectivity index (χ0v) is 17.3. The molecular weight excluding hydrogens is 477 g/mol. The average molecular weight is 495 g/mol. The van der Waals surface area contributed by atoms with E-state index >= 15 is 0 Å². The van der Waals surface area contributed by atoms with Crippen LogP contribution in [0.4, 0.5) is 5.69 Å². The van der Waals surface area contributed by atoms with Crippen LogP contribution in [0.5, 0.6) is 0 Å². The summed E-state index contributed by atoms with van der Waals surface area (Å²) in [5, 5.41) is 19.4. The summed E-state index contributed by atoms with van der Waals surface area (Å²) in [4.78, 5) is 10.8. The van der Waals surface area contributed by atoms with Crippen molar-refractivity contribution in [3.05, 3.63) is 52.1 Å². The molecule has 0 fully saturated rings. The van der Waals surface area contributed by atoms with Crippen LogP contribution < -0.4 is 10.2 Å². The van der Waals surface area contributed by atoms with E-state index < -0.39 is 12.6 Å². The highest BCUT2D eigenvalue weighted by Gasteiger charge is 2.22. The van der Waals surface area contributed by atoms with Crippen molar-refractivity contribution >= 4 is 56.0 Å². The maximum absolute atomic E-state index is 12.8. The van der Waals surface area contributed by atoms with E-state index in [1.54, 1.807) is 24.3 Å². The molecule has 2 rings (SSSR count). The minimum Gasteiger partial charge on any atom is -0.301 e. The van der Waals surface area contributed by atoms with Crippen molar-refractivity contribution in [2.75, 3.05) is 23.7 Å². The maximum Gasteiger partial charge on any atom is 0.341 e. The lowest BCUT2D eigenvalue weighted by atomic mass is 10.0. The van der Waals surface area contributed by atoms with Gasteiger partial charge in [0.2, 0.25) is 0 Å². The van der Waals surface area contributed by atoms with Crippen LogP contribution in [-0.4, -0.2) is 28.7 Å². The van der Waals surface area contributed by atoms with Gasteiger partial charge in [0.1, 0.15) is 0 Å². The fraction of sp³-hybridized carbons (Fsp3) is 0.333. The molecule has 0 atom stereocenters. The Hall–Kier alpha value is -0.830. The van der Waals surface area contributed by atoms with Gasteiger partial charge in [-0.25, -0.2) is 10.2 Å². The third kappa shape index (κ3) is 5.57. The number of halogens is 2. The van der Waals surface area contributed by atoms with E-state index in [2.05, 4.69) is 42.0 Å². The quantitative estimate of drug-likeness (QED) is 0.221. The SMILES string of the molecule is O=[N+]([O-])c1cccc2c(COP(=O)(NCCBr)NCCBr)cccc12. The number of nitro benzene ring substituents is 1. The normalized spacial score (nSPS) is 11.8. The Bertz CT molecular complexity index is 778. The first-order valence-electron chi connectivity index (χ1n) is 7.52. The molecule has 0 aliphatic heterocycles. The van der Waals surface area contributed by atoms with Crippen LogP contribution >= 0.6 is 39.5 Å². The Labute approximate surface area is 162 Å². The fourth-order valence-electron chi connectivity index (χ4n) is 2.33. The van der Waals surface area contributed by atoms with E-state index in [0.29, 0.717) is 34.5 Å². The Morgan fingerprint density at radius 3 is 2.24 bits per heavy atom. The van der Waals surface area contributed by atoms with Gasteiger partial charge in [-0.1, -0.05) is 56.1 Å². The van der Waals surface area contributed by atoms with Crippen LogP contribution in [0.25, 0.3) is 10.8 Å². The molecule has 0 saturated carbocycles. The third-order valence-corrected chi connectivity index (χ3v) is 5.98. The predicted octanol–water partition coefficient (Wildman–Crippen LogP) is 4.34. The molecule has 0 bridgehead atoms. The second-order valence-electron chi connectivity index (χ2n) is 5.07. The number of nitrogens with one attached hydrogen (secondary N) is 2. The Balaban J connectivity index is 2.25. The smallest absolute Gasteiger partial charge is 0.301 e. The number of nitrogens with zero attached hydrogens (tertiary/aromatic N) is 1. The van der Waals surface area contributed by atoms with E-state index in [4.69, 9.17) is 4.52 Å². The van der Waals surface area contributed by atoms with Gasteiger partial charge >= 0.3 is 7.67 Å². The first kappa shape index (κ1) is 20.5. The molecule has 2 aromatic rings. The van der Waals surface area contributed by atoms with Gasteiger partial charge in [-0.15, -0.1) is 0 Å². The van der Waals surface area contributed by atoms with Crippen molar-refractivity contribution in [3.63, 3.8) is 0 Å². The van der Waals surface area contributed by atoms with Gasteiger partial charge in [-0.2, -0.15) is 0 Å². The number of nitro groups is 1. The monoisotopic (exact) mass is 493 g/mol. The largest absolute Gasteiger partial charge is 0.341 e. The van der Waals surface area contributed by atoms with Crippen LogP contribution in [0, 0.1) is 10.1 Å². The van der Waals surface area contributed by atoms with Gasteiger partial charge in [0.15, 0.2) is 0 Å². The summed E-state index contributed by atoms with van der Waals surface area (Å²) in [6, 6.07) is 10.1. The number of hydrogen-bond acceptors (Lipinski definition) is 4. The van der Waals surface area contributed by atoms with E-state index in [1.165, 1.54) is 6.07 Å². The summed E-state index contributed by atoms with van der Waals surface area (Å²) >= 11 is 6.56. The number of rotatable bonds is 10. The molecule has 0 aliphatic rings. The first-order valence-corrected chi connectivity index (χ1v) is 11.4. The molecule has 0 radical (unpaired) electrons. The van der Waals surface area contributed by atoms with Crippen molar-refractivity contribution in [1.82, 2.24) is 10.2 Å². The Morgan fingerprint density at radius 2 is 1.64 bits per heavy atom. The highest BCUT2D eigenvalue weighted by atomic mass is 79.9. The summed E-state index contributed by atoms with van der Waals surface area (Å²) in [5.74, 6) is 0. The molecule has 2 aromatic carbocycles. The molecule has 10 heteroatoms. The number of alkyl halides is 2. The van der Waals surface area contributed by atoms with Gasteiger partial charge in [-0.3, -0.25) is 14.7 Å². The second-order valence-corrected chi connectivity index (χ2v) is 8.65. The van der Waals surface area contributed by atoms with Gasteiger partial charge in [-0.05, 0) is 17.0 Å². The summed E-state index contributed by atoms with van der Waals surface area (Å²) in [7, 11) is -3.22. The second kappa shape index (κ2) is 9.75. The highest BCUT2D eigenvalue weighted by Crippen LogP contribution is 2.39. The van der Waals surface area contributed by atoms with Gasteiger partial charge in [0.05, 0.1) is 16.9 Å². The van der Waals surface area contributed by atoms with E-state index in [0.717, 1.165) is 5.56 Å². The third-order valence-electron chi connectivity index (χ3n) is 3.42. The van der Waals surface area contributed by atoms with Crippen LogP contribution in [-0.2, 0) is 15.7 Å². The molecule has 0 amide bonds. The zero-order chi connectivity index (χ0) is 18.3. The van der Waals surface area contributed by atoms with Crippen molar-refractivity contribution in [2.24, 2.45) is 0 Å². The lowest BCUT2D eigenvalue weighted by molar-refractivity contribution is -0.383. The molecular formula is C15H18Br2N3O4P. The number of hydrogen-bond donors (Lipinski definition) is 2. The molecule has 0 aromatic heterocycles. The maximum atomic E-state index is 12.8. The number of fused-ring (bicyclic) bond motifs is 1. The minimum atomic E-state index is -3.22. The molecule has 0 unspecified atom stereocenters. The lowest BCUT2D eigenvalue weighted by Gasteiger charge is -2.20. The number of non-ortho nitro benzene ring substituents is 1.